The molecule has 1 N–H and O–H groups in total. The maximum Gasteiger partial charge on any atom is 0.252 e. The Labute approximate surface area is 161 Å². The fraction of sp³-hybridized carbons (Fsp3) is 0.409. The Morgan fingerprint density at radius 3 is 2.42 bits per heavy atom. The van der Waals surface area contributed by atoms with Crippen molar-refractivity contribution in [1.29, 1.82) is 0 Å². The normalized spacial score (nSPS) is 14.7. The van der Waals surface area contributed by atoms with Crippen LogP contribution in [0, 0.1) is 0 Å². The largest absolute Gasteiger partial charge is 0.348 e. The Morgan fingerprint density at radius 1 is 1.04 bits per heavy atom. The molecule has 0 bridgehead atoms. The van der Waals surface area contributed by atoms with Gasteiger partial charge < -0.3 is 5.32 Å². The number of nitrogens with zero attached hydrogens (tertiary/aromatic N) is 1. The predicted octanol–water partition coefficient (Wildman–Crippen LogP) is 4.71. The summed E-state index contributed by atoms with van der Waals surface area (Å²) in [6.07, 6.45) is 2.59. The molecule has 0 aliphatic carbocycles. The summed E-state index contributed by atoms with van der Waals surface area (Å²) in [6.45, 7) is 8.21. The van der Waals surface area contributed by atoms with E-state index in [1.807, 2.05) is 24.3 Å². The van der Waals surface area contributed by atoms with Gasteiger partial charge in [0.15, 0.2) is 0 Å². The number of hydrogen-bond donors (Lipinski definition) is 1. The average molecular weight is 369 g/mol. The number of hydrogen-bond acceptors (Lipinski definition) is 3. The second-order valence-electron chi connectivity index (χ2n) is 7.10. The number of rotatable bonds is 7. The summed E-state index contributed by atoms with van der Waals surface area (Å²) < 4.78 is 0. The molecule has 0 atom stereocenters. The molecule has 3 nitrogen and oxygen atoms in total. The summed E-state index contributed by atoms with van der Waals surface area (Å²) in [4.78, 5) is 16.3. The summed E-state index contributed by atoms with van der Waals surface area (Å²) in [6, 6.07) is 16.3. The second-order valence-corrected chi connectivity index (χ2v) is 8.72. The van der Waals surface area contributed by atoms with Crippen molar-refractivity contribution < 1.29 is 4.79 Å². The van der Waals surface area contributed by atoms with Crippen molar-refractivity contribution in [1.82, 2.24) is 10.2 Å². The Kier molecular flexibility index (Phi) is 6.75. The molecule has 1 aliphatic rings. The van der Waals surface area contributed by atoms with Crippen LogP contribution in [0.25, 0.3) is 0 Å². The van der Waals surface area contributed by atoms with Crippen molar-refractivity contribution in [3.05, 3.63) is 65.2 Å². The summed E-state index contributed by atoms with van der Waals surface area (Å²) in [5.41, 5.74) is 3.30. The highest BCUT2D eigenvalue weighted by molar-refractivity contribution is 8.00. The van der Waals surface area contributed by atoms with Gasteiger partial charge in [-0.1, -0.05) is 50.2 Å². The first-order valence-electron chi connectivity index (χ1n) is 9.46. The lowest BCUT2D eigenvalue weighted by molar-refractivity contribution is 0.0948. The molecule has 26 heavy (non-hydrogen) atoms. The van der Waals surface area contributed by atoms with E-state index in [0.29, 0.717) is 11.8 Å². The van der Waals surface area contributed by atoms with E-state index < -0.39 is 0 Å². The van der Waals surface area contributed by atoms with E-state index in [9.17, 15) is 4.79 Å². The van der Waals surface area contributed by atoms with Crippen LogP contribution >= 0.6 is 11.8 Å². The van der Waals surface area contributed by atoms with Crippen LogP contribution < -0.4 is 5.32 Å². The summed E-state index contributed by atoms with van der Waals surface area (Å²) >= 11 is 1.73. The number of carbonyl (C=O) groups is 1. The minimum Gasteiger partial charge on any atom is -0.348 e. The Bertz CT molecular complexity index is 738. The number of amides is 1. The van der Waals surface area contributed by atoms with E-state index in [-0.39, 0.29) is 5.91 Å². The first-order valence-corrected chi connectivity index (χ1v) is 10.3. The molecule has 1 heterocycles. The lowest BCUT2D eigenvalue weighted by Gasteiger charge is -2.18. The molecular formula is C22H28N2OS. The van der Waals surface area contributed by atoms with Gasteiger partial charge in [0.1, 0.15) is 0 Å². The van der Waals surface area contributed by atoms with Crippen LogP contribution in [0.2, 0.25) is 0 Å². The van der Waals surface area contributed by atoms with Gasteiger partial charge in [-0.3, -0.25) is 9.69 Å². The van der Waals surface area contributed by atoms with Crippen molar-refractivity contribution in [3.8, 4) is 0 Å². The van der Waals surface area contributed by atoms with Gasteiger partial charge in [0.05, 0.1) is 5.56 Å². The van der Waals surface area contributed by atoms with Gasteiger partial charge in [0.25, 0.3) is 5.91 Å². The maximum atomic E-state index is 12.7. The van der Waals surface area contributed by atoms with Crippen molar-refractivity contribution in [2.75, 3.05) is 13.1 Å². The predicted molar refractivity (Wildman–Crippen MR) is 110 cm³/mol. The Morgan fingerprint density at radius 2 is 1.69 bits per heavy atom. The van der Waals surface area contributed by atoms with Gasteiger partial charge in [-0.15, -0.1) is 11.8 Å². The van der Waals surface area contributed by atoms with Crippen molar-refractivity contribution in [3.63, 3.8) is 0 Å². The molecule has 0 radical (unpaired) electrons. The van der Waals surface area contributed by atoms with Crippen molar-refractivity contribution in [2.45, 2.75) is 49.9 Å². The molecule has 2 aromatic rings. The van der Waals surface area contributed by atoms with Gasteiger partial charge in [-0.2, -0.15) is 0 Å². The van der Waals surface area contributed by atoms with Gasteiger partial charge in [-0.05, 0) is 49.2 Å². The summed E-state index contributed by atoms with van der Waals surface area (Å²) in [5.74, 6) is 0.00438. The summed E-state index contributed by atoms with van der Waals surface area (Å²) in [7, 11) is 0. The Balaban J connectivity index is 1.67. The van der Waals surface area contributed by atoms with Crippen molar-refractivity contribution >= 4 is 17.7 Å². The lowest BCUT2D eigenvalue weighted by Crippen LogP contribution is -2.25. The van der Waals surface area contributed by atoms with E-state index in [4.69, 9.17) is 0 Å². The molecule has 2 aromatic carbocycles. The smallest absolute Gasteiger partial charge is 0.252 e. The molecule has 138 valence electrons. The number of nitrogens with one attached hydrogen (secondary N) is 1. The van der Waals surface area contributed by atoms with Crippen molar-refractivity contribution in [2.24, 2.45) is 0 Å². The first-order chi connectivity index (χ1) is 12.6. The molecule has 3 rings (SSSR count). The third-order valence-electron chi connectivity index (χ3n) is 4.64. The Hall–Kier alpha value is -1.78. The van der Waals surface area contributed by atoms with E-state index in [0.717, 1.165) is 17.0 Å². The van der Waals surface area contributed by atoms with Gasteiger partial charge in [0, 0.05) is 23.2 Å². The highest BCUT2D eigenvalue weighted by Crippen LogP contribution is 2.26. The number of benzene rings is 2. The zero-order valence-corrected chi connectivity index (χ0v) is 16.5. The topological polar surface area (TPSA) is 32.3 Å². The monoisotopic (exact) mass is 368 g/mol. The SMILES string of the molecule is CC(C)Sc1ccccc1C(=O)NCc1ccccc1CN1CCCC1. The van der Waals surface area contributed by atoms with Crippen LogP contribution in [0.4, 0.5) is 0 Å². The fourth-order valence-electron chi connectivity index (χ4n) is 3.35. The van der Waals surface area contributed by atoms with Crippen LogP contribution in [0.5, 0.6) is 0 Å². The second kappa shape index (κ2) is 9.24. The van der Waals surface area contributed by atoms with E-state index in [2.05, 4.69) is 48.3 Å². The molecule has 4 heteroatoms. The van der Waals surface area contributed by atoms with Crippen LogP contribution in [0.15, 0.2) is 53.4 Å². The summed E-state index contributed by atoms with van der Waals surface area (Å²) in [5, 5.41) is 3.57. The molecular weight excluding hydrogens is 340 g/mol. The van der Waals surface area contributed by atoms with Gasteiger partial charge in [-0.25, -0.2) is 0 Å². The van der Waals surface area contributed by atoms with E-state index in [1.165, 1.54) is 37.1 Å². The molecule has 0 unspecified atom stereocenters. The highest BCUT2D eigenvalue weighted by Gasteiger charge is 2.15. The third-order valence-corrected chi connectivity index (χ3v) is 5.73. The molecule has 0 saturated carbocycles. The first kappa shape index (κ1) is 19.0. The van der Waals surface area contributed by atoms with Gasteiger partial charge in [0.2, 0.25) is 0 Å². The lowest BCUT2D eigenvalue weighted by atomic mass is 10.1. The van der Waals surface area contributed by atoms with Crippen LogP contribution in [0.3, 0.4) is 0 Å². The van der Waals surface area contributed by atoms with Crippen LogP contribution in [-0.2, 0) is 13.1 Å². The third kappa shape index (κ3) is 5.12. The van der Waals surface area contributed by atoms with E-state index >= 15 is 0 Å². The molecule has 1 amide bonds. The molecule has 0 spiro atoms. The van der Waals surface area contributed by atoms with Crippen LogP contribution in [-0.4, -0.2) is 29.1 Å². The fourth-order valence-corrected chi connectivity index (χ4v) is 4.30. The molecule has 1 aliphatic heterocycles. The number of carbonyl (C=O) groups excluding carboxylic acids is 1. The minimum absolute atomic E-state index is 0.00438. The number of thioether (sulfide) groups is 1. The zero-order valence-electron chi connectivity index (χ0n) is 15.7. The quantitative estimate of drug-likeness (QED) is 0.718. The molecule has 0 aromatic heterocycles. The van der Waals surface area contributed by atoms with Crippen LogP contribution in [0.1, 0.15) is 48.2 Å². The highest BCUT2D eigenvalue weighted by atomic mass is 32.2. The zero-order chi connectivity index (χ0) is 18.4. The van der Waals surface area contributed by atoms with E-state index in [1.54, 1.807) is 11.8 Å². The molecule has 1 fully saturated rings. The number of likely N-dealkylation sites (tertiary alicyclic amines) is 1. The average Bonchev–Trinajstić information content (AvgIpc) is 3.14. The minimum atomic E-state index is 0.00438. The van der Waals surface area contributed by atoms with Gasteiger partial charge >= 0.3 is 0 Å². The maximum absolute atomic E-state index is 12.7. The molecule has 1 saturated heterocycles. The standard InChI is InChI=1S/C22H28N2OS/c1-17(2)26-21-12-6-5-11-20(21)22(25)23-15-18-9-3-4-10-19(18)16-24-13-7-8-14-24/h3-6,9-12,17H,7-8,13-16H2,1-2H3,(H,23,25).